The molecule has 2 aliphatic heterocycles. The normalized spacial score (nSPS) is 28.0. The Morgan fingerprint density at radius 3 is 3.00 bits per heavy atom. The van der Waals surface area contributed by atoms with E-state index in [9.17, 15) is 0 Å². The molecular weight excluding hydrogens is 292 g/mol. The van der Waals surface area contributed by atoms with E-state index in [1.807, 2.05) is 18.5 Å². The first-order valence-electron chi connectivity index (χ1n) is 8.56. The van der Waals surface area contributed by atoms with Crippen LogP contribution in [0.4, 0.5) is 5.95 Å². The Bertz CT molecular complexity index is 485. The molecule has 1 aromatic heterocycles. The van der Waals surface area contributed by atoms with Gasteiger partial charge in [0.05, 0.1) is 19.3 Å². The SMILES string of the molecule is CN(C)CCOC[C@]12CCCO[C@@H]1CCN(c1ncccn1)C2. The molecule has 6 nitrogen and oxygen atoms in total. The smallest absolute Gasteiger partial charge is 0.225 e. The minimum absolute atomic E-state index is 0.0714. The number of nitrogens with zero attached hydrogens (tertiary/aromatic N) is 4. The molecule has 23 heavy (non-hydrogen) atoms. The second-order valence-electron chi connectivity index (χ2n) is 6.94. The first-order chi connectivity index (χ1) is 11.2. The van der Waals surface area contributed by atoms with Crippen molar-refractivity contribution in [2.45, 2.75) is 25.4 Å². The fourth-order valence-corrected chi connectivity index (χ4v) is 3.65. The first kappa shape index (κ1) is 16.6. The molecule has 0 amide bonds. The van der Waals surface area contributed by atoms with Crippen molar-refractivity contribution in [3.8, 4) is 0 Å². The molecule has 2 fully saturated rings. The van der Waals surface area contributed by atoms with Gasteiger partial charge in [0.15, 0.2) is 0 Å². The maximum absolute atomic E-state index is 6.09. The Morgan fingerprint density at radius 1 is 1.39 bits per heavy atom. The molecule has 0 saturated carbocycles. The summed E-state index contributed by atoms with van der Waals surface area (Å²) in [6.45, 7) is 5.23. The molecule has 2 saturated heterocycles. The van der Waals surface area contributed by atoms with E-state index in [2.05, 4.69) is 33.9 Å². The minimum atomic E-state index is 0.0714. The lowest BCUT2D eigenvalue weighted by Gasteiger charge is -2.50. The number of aromatic nitrogens is 2. The Hall–Kier alpha value is -1.24. The maximum atomic E-state index is 6.09. The molecule has 0 bridgehead atoms. The molecule has 0 unspecified atom stereocenters. The van der Waals surface area contributed by atoms with Crippen LogP contribution in [0.2, 0.25) is 0 Å². The van der Waals surface area contributed by atoms with Gasteiger partial charge in [-0.2, -0.15) is 0 Å². The van der Waals surface area contributed by atoms with Crippen LogP contribution in [-0.4, -0.2) is 74.5 Å². The van der Waals surface area contributed by atoms with Gasteiger partial charge in [-0.25, -0.2) is 9.97 Å². The first-order valence-corrected chi connectivity index (χ1v) is 8.56. The predicted octanol–water partition coefficient (Wildman–Crippen LogP) is 1.43. The van der Waals surface area contributed by atoms with Crippen molar-refractivity contribution < 1.29 is 9.47 Å². The highest BCUT2D eigenvalue weighted by atomic mass is 16.5. The molecule has 6 heteroatoms. The Morgan fingerprint density at radius 2 is 2.22 bits per heavy atom. The summed E-state index contributed by atoms with van der Waals surface area (Å²) in [7, 11) is 4.15. The summed E-state index contributed by atoms with van der Waals surface area (Å²) in [6, 6.07) is 1.86. The largest absolute Gasteiger partial charge is 0.379 e. The Kier molecular flexibility index (Phi) is 5.46. The topological polar surface area (TPSA) is 50.7 Å². The number of hydrogen-bond donors (Lipinski definition) is 0. The molecule has 1 aromatic rings. The lowest BCUT2D eigenvalue weighted by atomic mass is 9.73. The summed E-state index contributed by atoms with van der Waals surface area (Å²) in [5, 5.41) is 0. The van der Waals surface area contributed by atoms with Gasteiger partial charge < -0.3 is 19.3 Å². The highest BCUT2D eigenvalue weighted by Crippen LogP contribution is 2.41. The number of ether oxygens (including phenoxy) is 2. The average molecular weight is 320 g/mol. The standard InChI is InChI=1S/C17H28N4O2/c1-20(2)10-12-22-14-17-6-3-11-23-15(17)5-9-21(13-17)16-18-7-4-8-19-16/h4,7-8,15H,3,5-6,9-14H2,1-2H3/t15-,17-/m1/s1. The zero-order chi connectivity index (χ0) is 16.1. The highest BCUT2D eigenvalue weighted by Gasteiger charge is 2.46. The van der Waals surface area contributed by atoms with Crippen LogP contribution in [0.1, 0.15) is 19.3 Å². The van der Waals surface area contributed by atoms with E-state index in [1.165, 1.54) is 0 Å². The minimum Gasteiger partial charge on any atom is -0.379 e. The fraction of sp³-hybridized carbons (Fsp3) is 0.765. The second kappa shape index (κ2) is 7.55. The molecule has 128 valence electrons. The second-order valence-corrected chi connectivity index (χ2v) is 6.94. The van der Waals surface area contributed by atoms with Gasteiger partial charge in [-0.05, 0) is 39.4 Å². The van der Waals surface area contributed by atoms with Crippen molar-refractivity contribution in [2.24, 2.45) is 5.41 Å². The van der Waals surface area contributed by atoms with Crippen LogP contribution in [0.25, 0.3) is 0 Å². The van der Waals surface area contributed by atoms with Crippen LogP contribution in [0, 0.1) is 5.41 Å². The summed E-state index contributed by atoms with van der Waals surface area (Å²) in [5.41, 5.74) is 0.0714. The van der Waals surface area contributed by atoms with Crippen molar-refractivity contribution in [3.05, 3.63) is 18.5 Å². The Balaban J connectivity index is 1.67. The van der Waals surface area contributed by atoms with Gasteiger partial charge in [0, 0.05) is 44.0 Å². The van der Waals surface area contributed by atoms with Crippen LogP contribution < -0.4 is 4.90 Å². The van der Waals surface area contributed by atoms with E-state index in [0.29, 0.717) is 6.10 Å². The molecule has 0 spiro atoms. The summed E-state index contributed by atoms with van der Waals surface area (Å²) < 4.78 is 12.1. The molecule has 0 radical (unpaired) electrons. The number of likely N-dealkylation sites (N-methyl/N-ethyl adjacent to an activating group) is 1. The third kappa shape index (κ3) is 4.00. The number of piperidine rings is 1. The van der Waals surface area contributed by atoms with E-state index in [1.54, 1.807) is 0 Å². The van der Waals surface area contributed by atoms with Crippen LogP contribution >= 0.6 is 0 Å². The van der Waals surface area contributed by atoms with Gasteiger partial charge in [0.2, 0.25) is 5.95 Å². The van der Waals surface area contributed by atoms with E-state index >= 15 is 0 Å². The van der Waals surface area contributed by atoms with E-state index in [4.69, 9.17) is 9.47 Å². The number of anilines is 1. The van der Waals surface area contributed by atoms with Crippen molar-refractivity contribution in [1.29, 1.82) is 0 Å². The molecule has 0 N–H and O–H groups in total. The summed E-state index contributed by atoms with van der Waals surface area (Å²) >= 11 is 0. The zero-order valence-electron chi connectivity index (χ0n) is 14.3. The van der Waals surface area contributed by atoms with Gasteiger partial charge in [0.25, 0.3) is 0 Å². The number of rotatable bonds is 6. The molecule has 3 rings (SSSR count). The van der Waals surface area contributed by atoms with Crippen molar-refractivity contribution >= 4 is 5.95 Å². The van der Waals surface area contributed by atoms with Gasteiger partial charge in [-0.15, -0.1) is 0 Å². The molecule has 0 aromatic carbocycles. The van der Waals surface area contributed by atoms with E-state index < -0.39 is 0 Å². The quantitative estimate of drug-likeness (QED) is 0.739. The van der Waals surface area contributed by atoms with Gasteiger partial charge >= 0.3 is 0 Å². The van der Waals surface area contributed by atoms with Crippen molar-refractivity contribution in [1.82, 2.24) is 14.9 Å². The highest BCUT2D eigenvalue weighted by molar-refractivity contribution is 5.31. The van der Waals surface area contributed by atoms with Crippen LogP contribution in [0.3, 0.4) is 0 Å². The van der Waals surface area contributed by atoms with Crippen molar-refractivity contribution in [3.63, 3.8) is 0 Å². The lowest BCUT2D eigenvalue weighted by molar-refractivity contribution is -0.125. The summed E-state index contributed by atoms with van der Waals surface area (Å²) in [6.07, 6.45) is 7.21. The van der Waals surface area contributed by atoms with Crippen molar-refractivity contribution in [2.75, 3.05) is 58.5 Å². The lowest BCUT2D eigenvalue weighted by Crippen LogP contribution is -2.57. The third-order valence-corrected chi connectivity index (χ3v) is 4.90. The zero-order valence-corrected chi connectivity index (χ0v) is 14.3. The number of hydrogen-bond acceptors (Lipinski definition) is 6. The molecule has 2 aliphatic rings. The summed E-state index contributed by atoms with van der Waals surface area (Å²) in [4.78, 5) is 13.3. The van der Waals surface area contributed by atoms with Gasteiger partial charge in [0.1, 0.15) is 0 Å². The third-order valence-electron chi connectivity index (χ3n) is 4.90. The molecular formula is C17H28N4O2. The molecule has 3 heterocycles. The molecule has 2 atom stereocenters. The van der Waals surface area contributed by atoms with Gasteiger partial charge in [-0.1, -0.05) is 0 Å². The van der Waals surface area contributed by atoms with Crippen LogP contribution in [-0.2, 0) is 9.47 Å². The van der Waals surface area contributed by atoms with Gasteiger partial charge in [-0.3, -0.25) is 0 Å². The maximum Gasteiger partial charge on any atom is 0.225 e. The van der Waals surface area contributed by atoms with E-state index in [-0.39, 0.29) is 5.41 Å². The fourth-order valence-electron chi connectivity index (χ4n) is 3.65. The number of fused-ring (bicyclic) bond motifs is 1. The van der Waals surface area contributed by atoms with Crippen LogP contribution in [0.15, 0.2) is 18.5 Å². The van der Waals surface area contributed by atoms with E-state index in [0.717, 1.165) is 64.7 Å². The summed E-state index contributed by atoms with van der Waals surface area (Å²) in [5.74, 6) is 0.823. The van der Waals surface area contributed by atoms with Crippen LogP contribution in [0.5, 0.6) is 0 Å². The Labute approximate surface area is 138 Å². The molecule has 0 aliphatic carbocycles. The average Bonchev–Trinajstić information content (AvgIpc) is 2.59. The monoisotopic (exact) mass is 320 g/mol. The predicted molar refractivity (Wildman–Crippen MR) is 89.6 cm³/mol.